The Labute approximate surface area is 140 Å². The first kappa shape index (κ1) is 20.1. The van der Waals surface area contributed by atoms with Crippen LogP contribution in [0, 0.1) is 0 Å². The van der Waals surface area contributed by atoms with Gasteiger partial charge in [0.05, 0.1) is 6.54 Å². The molecule has 5 nitrogen and oxygen atoms in total. The van der Waals surface area contributed by atoms with Crippen LogP contribution in [0.25, 0.3) is 0 Å². The number of nitrogens with one attached hydrogen (secondary N) is 2. The summed E-state index contributed by atoms with van der Waals surface area (Å²) in [4.78, 5) is 8.29. The van der Waals surface area contributed by atoms with E-state index in [1.165, 1.54) is 12.3 Å². The molecule has 136 valence electrons. The predicted molar refractivity (Wildman–Crippen MR) is 88.1 cm³/mol. The van der Waals surface area contributed by atoms with Gasteiger partial charge in [-0.3, -0.25) is 0 Å². The van der Waals surface area contributed by atoms with Crippen LogP contribution in [0.15, 0.2) is 23.3 Å². The maximum Gasteiger partial charge on any atom is 0.422 e. The molecule has 0 spiro atoms. The van der Waals surface area contributed by atoms with E-state index in [1.807, 2.05) is 6.92 Å². The molecule has 0 aromatic carbocycles. The van der Waals surface area contributed by atoms with Gasteiger partial charge in [0.2, 0.25) is 5.88 Å². The van der Waals surface area contributed by atoms with Gasteiger partial charge in [0.15, 0.2) is 12.6 Å². The number of halogens is 3. The van der Waals surface area contributed by atoms with Crippen molar-refractivity contribution in [2.45, 2.75) is 45.8 Å². The van der Waals surface area contributed by atoms with E-state index in [2.05, 4.69) is 32.3 Å². The number of guanidine groups is 1. The fourth-order valence-electron chi connectivity index (χ4n) is 1.84. The van der Waals surface area contributed by atoms with Crippen LogP contribution in [-0.2, 0) is 6.54 Å². The minimum Gasteiger partial charge on any atom is -0.468 e. The van der Waals surface area contributed by atoms with Gasteiger partial charge in [-0.15, -0.1) is 0 Å². The van der Waals surface area contributed by atoms with E-state index in [1.54, 1.807) is 6.07 Å². The van der Waals surface area contributed by atoms with Gasteiger partial charge in [-0.05, 0) is 18.9 Å². The number of nitrogens with zero attached hydrogens (tertiary/aromatic N) is 2. The average Bonchev–Trinajstić information content (AvgIpc) is 2.55. The Morgan fingerprint density at radius 3 is 2.58 bits per heavy atom. The Morgan fingerprint density at radius 1 is 1.21 bits per heavy atom. The van der Waals surface area contributed by atoms with Gasteiger partial charge >= 0.3 is 6.18 Å². The van der Waals surface area contributed by atoms with E-state index in [0.717, 1.165) is 37.9 Å². The molecule has 0 bridgehead atoms. The smallest absolute Gasteiger partial charge is 0.422 e. The Balaban J connectivity index is 2.50. The van der Waals surface area contributed by atoms with Crippen LogP contribution >= 0.6 is 0 Å². The quantitative estimate of drug-likeness (QED) is 0.409. The topological polar surface area (TPSA) is 58.5 Å². The third-order valence-electron chi connectivity index (χ3n) is 3.02. The van der Waals surface area contributed by atoms with Gasteiger partial charge in [-0.2, -0.15) is 13.2 Å². The van der Waals surface area contributed by atoms with Crippen molar-refractivity contribution in [3.63, 3.8) is 0 Å². The standard InChI is InChI=1S/C16H25F3N4O/c1-3-5-6-9-21-15(20-4-2)23-11-13-7-8-14(22-10-13)24-12-16(17,18)19/h7-8,10H,3-6,9,11-12H2,1-2H3,(H2,20,21,23). The molecule has 1 heterocycles. The van der Waals surface area contributed by atoms with Crippen molar-refractivity contribution in [2.24, 2.45) is 4.99 Å². The van der Waals surface area contributed by atoms with E-state index in [4.69, 9.17) is 0 Å². The second-order valence-electron chi connectivity index (χ2n) is 5.24. The number of unbranched alkanes of at least 4 members (excludes halogenated alkanes) is 2. The zero-order chi connectivity index (χ0) is 17.8. The lowest BCUT2D eigenvalue weighted by Gasteiger charge is -2.11. The normalized spacial score (nSPS) is 12.1. The number of hydrogen-bond donors (Lipinski definition) is 2. The lowest BCUT2D eigenvalue weighted by Crippen LogP contribution is -2.37. The molecule has 0 atom stereocenters. The summed E-state index contributed by atoms with van der Waals surface area (Å²) in [6.07, 6.45) is 0.498. The van der Waals surface area contributed by atoms with Crippen LogP contribution in [0.3, 0.4) is 0 Å². The first-order chi connectivity index (χ1) is 11.4. The third kappa shape index (κ3) is 9.22. The molecule has 0 amide bonds. The highest BCUT2D eigenvalue weighted by Crippen LogP contribution is 2.17. The molecule has 0 aliphatic carbocycles. The Kier molecular flexibility index (Phi) is 8.96. The van der Waals surface area contributed by atoms with E-state index >= 15 is 0 Å². The van der Waals surface area contributed by atoms with Gasteiger partial charge in [0.1, 0.15) is 0 Å². The van der Waals surface area contributed by atoms with Crippen molar-refractivity contribution in [3.8, 4) is 5.88 Å². The van der Waals surface area contributed by atoms with E-state index in [-0.39, 0.29) is 5.88 Å². The summed E-state index contributed by atoms with van der Waals surface area (Å²) < 4.78 is 40.8. The second-order valence-corrected chi connectivity index (χ2v) is 5.24. The zero-order valence-corrected chi connectivity index (χ0v) is 14.1. The molecule has 8 heteroatoms. The highest BCUT2D eigenvalue weighted by atomic mass is 19.4. The van der Waals surface area contributed by atoms with Crippen molar-refractivity contribution < 1.29 is 17.9 Å². The molecule has 0 aliphatic heterocycles. The van der Waals surface area contributed by atoms with Gasteiger partial charge in [-0.25, -0.2) is 9.98 Å². The third-order valence-corrected chi connectivity index (χ3v) is 3.02. The SMILES string of the molecule is CCCCCNC(=NCc1ccc(OCC(F)(F)F)nc1)NCC. The predicted octanol–water partition coefficient (Wildman–Crippen LogP) is 3.27. The average molecular weight is 346 g/mol. The lowest BCUT2D eigenvalue weighted by atomic mass is 10.2. The number of rotatable bonds is 9. The van der Waals surface area contributed by atoms with Crippen LogP contribution in [0.5, 0.6) is 5.88 Å². The van der Waals surface area contributed by atoms with Gasteiger partial charge < -0.3 is 15.4 Å². The summed E-state index contributed by atoms with van der Waals surface area (Å²) in [6, 6.07) is 3.07. The molecule has 0 fully saturated rings. The van der Waals surface area contributed by atoms with Gasteiger partial charge in [0, 0.05) is 25.4 Å². The molecule has 1 aromatic rings. The zero-order valence-electron chi connectivity index (χ0n) is 14.1. The highest BCUT2D eigenvalue weighted by molar-refractivity contribution is 5.79. The van der Waals surface area contributed by atoms with Crippen LogP contribution < -0.4 is 15.4 Å². The molecule has 0 radical (unpaired) electrons. The second kappa shape index (κ2) is 10.7. The van der Waals surface area contributed by atoms with Crippen LogP contribution in [0.4, 0.5) is 13.2 Å². The molecular weight excluding hydrogens is 321 g/mol. The number of pyridine rings is 1. The minimum absolute atomic E-state index is 0.0512. The van der Waals surface area contributed by atoms with Crippen molar-refractivity contribution in [1.29, 1.82) is 0 Å². The Bertz CT molecular complexity index is 489. The first-order valence-corrected chi connectivity index (χ1v) is 8.11. The van der Waals surface area contributed by atoms with Crippen molar-refractivity contribution in [3.05, 3.63) is 23.9 Å². The van der Waals surface area contributed by atoms with Crippen LogP contribution in [0.2, 0.25) is 0 Å². The molecule has 1 rings (SSSR count). The fourth-order valence-corrected chi connectivity index (χ4v) is 1.84. The highest BCUT2D eigenvalue weighted by Gasteiger charge is 2.28. The summed E-state index contributed by atoms with van der Waals surface area (Å²) in [6.45, 7) is 4.77. The van der Waals surface area contributed by atoms with Crippen molar-refractivity contribution in [2.75, 3.05) is 19.7 Å². The lowest BCUT2D eigenvalue weighted by molar-refractivity contribution is -0.154. The molecule has 1 aromatic heterocycles. The molecular formula is C16H25F3N4O. The molecule has 0 unspecified atom stereocenters. The molecule has 0 saturated carbocycles. The summed E-state index contributed by atoms with van der Waals surface area (Å²) in [5.41, 5.74) is 0.792. The molecule has 0 saturated heterocycles. The fraction of sp³-hybridized carbons (Fsp3) is 0.625. The maximum absolute atomic E-state index is 12.1. The Hall–Kier alpha value is -1.99. The number of alkyl halides is 3. The molecule has 0 aliphatic rings. The molecule has 2 N–H and O–H groups in total. The number of ether oxygens (including phenoxy) is 1. The van der Waals surface area contributed by atoms with Crippen LogP contribution in [0.1, 0.15) is 38.7 Å². The Morgan fingerprint density at radius 2 is 2.00 bits per heavy atom. The van der Waals surface area contributed by atoms with Crippen LogP contribution in [-0.4, -0.2) is 36.8 Å². The molecule has 24 heavy (non-hydrogen) atoms. The largest absolute Gasteiger partial charge is 0.468 e. The van der Waals surface area contributed by atoms with E-state index < -0.39 is 12.8 Å². The van der Waals surface area contributed by atoms with Gasteiger partial charge in [-0.1, -0.05) is 25.8 Å². The summed E-state index contributed by atoms with van der Waals surface area (Å²) in [5.74, 6) is 0.663. The minimum atomic E-state index is -4.37. The van der Waals surface area contributed by atoms with E-state index in [0.29, 0.717) is 12.5 Å². The summed E-state index contributed by atoms with van der Waals surface area (Å²) in [5, 5.41) is 6.39. The van der Waals surface area contributed by atoms with Crippen molar-refractivity contribution >= 4 is 5.96 Å². The summed E-state index contributed by atoms with van der Waals surface area (Å²) in [7, 11) is 0. The first-order valence-electron chi connectivity index (χ1n) is 8.11. The van der Waals surface area contributed by atoms with E-state index in [9.17, 15) is 13.2 Å². The summed E-state index contributed by atoms with van der Waals surface area (Å²) >= 11 is 0. The number of aliphatic imine (C=N–C) groups is 1. The van der Waals surface area contributed by atoms with Gasteiger partial charge in [0.25, 0.3) is 0 Å². The number of aromatic nitrogens is 1. The van der Waals surface area contributed by atoms with Crippen molar-refractivity contribution in [1.82, 2.24) is 15.6 Å². The maximum atomic E-state index is 12.1. The monoisotopic (exact) mass is 346 g/mol. The number of hydrogen-bond acceptors (Lipinski definition) is 3.